The smallest absolute Gasteiger partial charge is 0.248 e. The van der Waals surface area contributed by atoms with Gasteiger partial charge in [-0.2, -0.15) is 5.21 Å². The Morgan fingerprint density at radius 1 is 0.919 bits per heavy atom. The average Bonchev–Trinajstić information content (AvgIpc) is 3.39. The van der Waals surface area contributed by atoms with E-state index in [4.69, 9.17) is 17.2 Å². The number of hydrogen-bond acceptors (Lipinski definition) is 6. The van der Waals surface area contributed by atoms with Gasteiger partial charge in [0.2, 0.25) is 11.8 Å². The summed E-state index contributed by atoms with van der Waals surface area (Å²) in [5.41, 5.74) is 24.1. The van der Waals surface area contributed by atoms with Crippen LogP contribution in [0.25, 0.3) is 0 Å². The molecule has 5 rings (SSSR count). The van der Waals surface area contributed by atoms with Crippen molar-refractivity contribution in [3.63, 3.8) is 0 Å². The molecular formula is C28H29N7O2. The lowest BCUT2D eigenvalue weighted by Gasteiger charge is -2.36. The number of nitrogens with one attached hydrogen (secondary N) is 1. The number of rotatable bonds is 7. The van der Waals surface area contributed by atoms with Crippen LogP contribution in [0, 0.1) is 6.92 Å². The molecule has 3 aromatic carbocycles. The first-order valence-electron chi connectivity index (χ1n) is 12.2. The van der Waals surface area contributed by atoms with Gasteiger partial charge >= 0.3 is 0 Å². The molecule has 1 atom stereocenters. The standard InChI is InChI=1S/C28H29N7O2/c1-16-2-4-17(5-3-16)12-22(29)15-28(27-32-34-35-33-27)23-10-8-20(25(30)36)13-18(23)6-7-19-14-21(26(31)37)9-11-24(19)28/h2-5,8-11,13-14,22H,6-7,12,15,29H2,1H3,(H2,30,36)(H2,31,37)(H,32,33,34,35)/t22-/m0/s1. The van der Waals surface area contributed by atoms with E-state index in [2.05, 4.69) is 51.8 Å². The van der Waals surface area contributed by atoms with Gasteiger partial charge in [-0.15, -0.1) is 10.2 Å². The highest BCUT2D eigenvalue weighted by molar-refractivity contribution is 5.94. The van der Waals surface area contributed by atoms with Gasteiger partial charge in [0, 0.05) is 17.2 Å². The van der Waals surface area contributed by atoms with Crippen molar-refractivity contribution >= 4 is 11.8 Å². The molecule has 1 heterocycles. The Morgan fingerprint density at radius 2 is 1.49 bits per heavy atom. The normalized spacial score (nSPS) is 14.8. The first-order valence-corrected chi connectivity index (χ1v) is 12.2. The van der Waals surface area contributed by atoms with Crippen molar-refractivity contribution in [1.82, 2.24) is 20.6 Å². The Bertz CT molecular complexity index is 1400. The first kappa shape index (κ1) is 24.3. The van der Waals surface area contributed by atoms with Crippen LogP contribution in [0.15, 0.2) is 60.7 Å². The Morgan fingerprint density at radius 3 is 1.97 bits per heavy atom. The average molecular weight is 496 g/mol. The molecule has 7 N–H and O–H groups in total. The van der Waals surface area contributed by atoms with Gasteiger partial charge in [0.15, 0.2) is 5.82 Å². The van der Waals surface area contributed by atoms with Crippen LogP contribution in [0.2, 0.25) is 0 Å². The van der Waals surface area contributed by atoms with Gasteiger partial charge in [-0.25, -0.2) is 0 Å². The molecule has 9 heteroatoms. The molecule has 0 saturated carbocycles. The number of carbonyl (C=O) groups excluding carboxylic acids is 2. The monoisotopic (exact) mass is 495 g/mol. The zero-order valence-electron chi connectivity index (χ0n) is 20.6. The highest BCUT2D eigenvalue weighted by Crippen LogP contribution is 2.47. The quantitative estimate of drug-likeness (QED) is 0.306. The second-order valence-electron chi connectivity index (χ2n) is 9.77. The van der Waals surface area contributed by atoms with Crippen LogP contribution in [0.3, 0.4) is 0 Å². The summed E-state index contributed by atoms with van der Waals surface area (Å²) >= 11 is 0. The van der Waals surface area contributed by atoms with E-state index < -0.39 is 17.2 Å². The largest absolute Gasteiger partial charge is 0.366 e. The van der Waals surface area contributed by atoms with Crippen LogP contribution in [-0.2, 0) is 24.7 Å². The molecule has 0 fully saturated rings. The number of hydrogen-bond donors (Lipinski definition) is 4. The van der Waals surface area contributed by atoms with Crippen LogP contribution in [0.1, 0.15) is 66.3 Å². The van der Waals surface area contributed by atoms with Gasteiger partial charge < -0.3 is 17.2 Å². The van der Waals surface area contributed by atoms with Gasteiger partial charge in [-0.3, -0.25) is 9.59 Å². The van der Waals surface area contributed by atoms with E-state index in [0.717, 1.165) is 27.8 Å². The Kier molecular flexibility index (Phi) is 6.31. The molecule has 0 radical (unpaired) electrons. The van der Waals surface area contributed by atoms with Crippen LogP contribution >= 0.6 is 0 Å². The fourth-order valence-corrected chi connectivity index (χ4v) is 5.54. The van der Waals surface area contributed by atoms with Crippen molar-refractivity contribution < 1.29 is 9.59 Å². The van der Waals surface area contributed by atoms with E-state index in [1.807, 2.05) is 24.3 Å². The molecule has 0 spiro atoms. The number of primary amides is 2. The molecular weight excluding hydrogens is 466 g/mol. The minimum atomic E-state index is -0.884. The summed E-state index contributed by atoms with van der Waals surface area (Å²) in [5, 5.41) is 15.4. The van der Waals surface area contributed by atoms with E-state index in [1.54, 1.807) is 12.1 Å². The number of aryl methyl sites for hydroxylation is 3. The van der Waals surface area contributed by atoms with E-state index in [9.17, 15) is 9.59 Å². The van der Waals surface area contributed by atoms with Gasteiger partial charge in [0.05, 0.1) is 5.41 Å². The molecule has 9 nitrogen and oxygen atoms in total. The third kappa shape index (κ3) is 4.49. The summed E-state index contributed by atoms with van der Waals surface area (Å²) in [7, 11) is 0. The zero-order chi connectivity index (χ0) is 26.2. The first-order chi connectivity index (χ1) is 17.8. The molecule has 2 amide bonds. The highest BCUT2D eigenvalue weighted by Gasteiger charge is 2.45. The highest BCUT2D eigenvalue weighted by atomic mass is 16.1. The maximum Gasteiger partial charge on any atom is 0.248 e. The van der Waals surface area contributed by atoms with Crippen LogP contribution < -0.4 is 17.2 Å². The third-order valence-electron chi connectivity index (χ3n) is 7.28. The lowest BCUT2D eigenvalue weighted by Crippen LogP contribution is -2.40. The fourth-order valence-electron chi connectivity index (χ4n) is 5.54. The molecule has 0 aliphatic heterocycles. The minimum Gasteiger partial charge on any atom is -0.366 e. The second kappa shape index (κ2) is 9.59. The number of benzene rings is 3. The van der Waals surface area contributed by atoms with Crippen LogP contribution in [0.5, 0.6) is 0 Å². The summed E-state index contributed by atoms with van der Waals surface area (Å²) in [5.74, 6) is -0.529. The Labute approximate surface area is 214 Å². The summed E-state index contributed by atoms with van der Waals surface area (Å²) < 4.78 is 0. The second-order valence-corrected chi connectivity index (χ2v) is 9.77. The van der Waals surface area contributed by atoms with Gasteiger partial charge in [-0.1, -0.05) is 47.2 Å². The SMILES string of the molecule is Cc1ccc(C[C@H](N)CC2(c3nn[nH]n3)c3ccc(C(N)=O)cc3CCc3cc(C(N)=O)ccc32)cc1. The zero-order valence-corrected chi connectivity index (χ0v) is 20.6. The molecule has 0 saturated heterocycles. The number of nitrogens with zero attached hydrogens (tertiary/aromatic N) is 3. The van der Waals surface area contributed by atoms with Gasteiger partial charge in [-0.05, 0) is 84.7 Å². The predicted octanol–water partition coefficient (Wildman–Crippen LogP) is 2.10. The predicted molar refractivity (Wildman–Crippen MR) is 139 cm³/mol. The van der Waals surface area contributed by atoms with E-state index in [-0.39, 0.29) is 6.04 Å². The summed E-state index contributed by atoms with van der Waals surface area (Å²) in [6, 6.07) is 19.0. The van der Waals surface area contributed by atoms with Crippen molar-refractivity contribution in [3.8, 4) is 0 Å². The number of carbonyl (C=O) groups is 2. The molecule has 0 bridgehead atoms. The molecule has 1 aromatic heterocycles. The Hall–Kier alpha value is -4.37. The summed E-state index contributed by atoms with van der Waals surface area (Å²) in [6.07, 6.45) is 2.35. The number of tetrazole rings is 1. The fraction of sp³-hybridized carbons (Fsp3) is 0.250. The van der Waals surface area contributed by atoms with E-state index in [0.29, 0.717) is 42.6 Å². The van der Waals surface area contributed by atoms with Gasteiger partial charge in [0.1, 0.15) is 0 Å². The summed E-state index contributed by atoms with van der Waals surface area (Å²) in [6.45, 7) is 2.05. The van der Waals surface area contributed by atoms with Crippen molar-refractivity contribution in [2.75, 3.05) is 0 Å². The molecule has 188 valence electrons. The number of fused-ring (bicyclic) bond motifs is 2. The topological polar surface area (TPSA) is 167 Å². The van der Waals surface area contributed by atoms with Crippen LogP contribution in [0.4, 0.5) is 0 Å². The number of aromatic nitrogens is 4. The third-order valence-corrected chi connectivity index (χ3v) is 7.28. The number of H-pyrrole nitrogens is 1. The van der Waals surface area contributed by atoms with Crippen molar-refractivity contribution in [1.29, 1.82) is 0 Å². The van der Waals surface area contributed by atoms with E-state index in [1.165, 1.54) is 5.56 Å². The maximum atomic E-state index is 12.0. The Balaban J connectivity index is 1.72. The summed E-state index contributed by atoms with van der Waals surface area (Å²) in [4.78, 5) is 24.0. The van der Waals surface area contributed by atoms with Crippen molar-refractivity contribution in [3.05, 3.63) is 111 Å². The maximum absolute atomic E-state index is 12.0. The molecule has 4 aromatic rings. The van der Waals surface area contributed by atoms with E-state index >= 15 is 0 Å². The molecule has 37 heavy (non-hydrogen) atoms. The lowest BCUT2D eigenvalue weighted by molar-refractivity contribution is 0.0991. The minimum absolute atomic E-state index is 0.272. The number of aromatic amines is 1. The molecule has 0 unspecified atom stereocenters. The number of nitrogens with two attached hydrogens (primary N) is 3. The van der Waals surface area contributed by atoms with Crippen molar-refractivity contribution in [2.24, 2.45) is 17.2 Å². The molecule has 1 aliphatic carbocycles. The van der Waals surface area contributed by atoms with Gasteiger partial charge in [0.25, 0.3) is 0 Å². The lowest BCUT2D eigenvalue weighted by atomic mass is 9.67. The van der Waals surface area contributed by atoms with Crippen LogP contribution in [-0.4, -0.2) is 38.5 Å². The molecule has 1 aliphatic rings. The van der Waals surface area contributed by atoms with Crippen molar-refractivity contribution in [2.45, 2.75) is 44.1 Å². The number of amides is 2.